The molecule has 24 heavy (non-hydrogen) atoms. The molecule has 6 heteroatoms. The van der Waals surface area contributed by atoms with Gasteiger partial charge >= 0.3 is 6.18 Å². The maximum absolute atomic E-state index is 12.6. The average Bonchev–Trinajstić information content (AvgIpc) is 2.54. The zero-order chi connectivity index (χ0) is 17.9. The molecule has 2 rings (SSSR count). The number of anilines is 1. The molecule has 1 atom stereocenters. The summed E-state index contributed by atoms with van der Waals surface area (Å²) >= 11 is 0. The van der Waals surface area contributed by atoms with E-state index < -0.39 is 17.8 Å². The van der Waals surface area contributed by atoms with Gasteiger partial charge in [-0.25, -0.2) is 0 Å². The van der Waals surface area contributed by atoms with E-state index >= 15 is 0 Å². The Morgan fingerprint density at radius 1 is 1.08 bits per heavy atom. The number of hydrogen-bond acceptors (Lipinski definition) is 2. The molecule has 0 saturated heterocycles. The molecule has 2 aromatic carbocycles. The number of amides is 1. The molecule has 1 N–H and O–H groups in total. The van der Waals surface area contributed by atoms with Gasteiger partial charge in [0.2, 0.25) is 0 Å². The Morgan fingerprint density at radius 3 is 2.25 bits per heavy atom. The molecule has 0 aliphatic carbocycles. The van der Waals surface area contributed by atoms with Crippen molar-refractivity contribution in [2.24, 2.45) is 0 Å². The fourth-order valence-electron chi connectivity index (χ4n) is 2.25. The van der Waals surface area contributed by atoms with Crippen molar-refractivity contribution in [2.75, 3.05) is 19.0 Å². The van der Waals surface area contributed by atoms with E-state index in [2.05, 4.69) is 5.32 Å². The predicted molar refractivity (Wildman–Crippen MR) is 88.1 cm³/mol. The van der Waals surface area contributed by atoms with Crippen LogP contribution in [0.15, 0.2) is 48.5 Å². The van der Waals surface area contributed by atoms with E-state index in [9.17, 15) is 18.0 Å². The molecule has 0 aliphatic heterocycles. The molecule has 0 radical (unpaired) electrons. The van der Waals surface area contributed by atoms with Gasteiger partial charge in [0, 0.05) is 25.3 Å². The predicted octanol–water partition coefficient (Wildman–Crippen LogP) is 4.26. The van der Waals surface area contributed by atoms with Gasteiger partial charge in [-0.3, -0.25) is 4.79 Å². The van der Waals surface area contributed by atoms with Crippen molar-refractivity contribution < 1.29 is 18.0 Å². The number of carbonyl (C=O) groups is 1. The quantitative estimate of drug-likeness (QED) is 0.905. The van der Waals surface area contributed by atoms with E-state index in [4.69, 9.17) is 0 Å². The highest BCUT2D eigenvalue weighted by molar-refractivity contribution is 5.95. The lowest BCUT2D eigenvalue weighted by molar-refractivity contribution is -0.137. The van der Waals surface area contributed by atoms with Gasteiger partial charge in [0.05, 0.1) is 11.6 Å². The maximum atomic E-state index is 12.6. The summed E-state index contributed by atoms with van der Waals surface area (Å²) in [6.45, 7) is 1.73. The molecular weight excluding hydrogens is 317 g/mol. The van der Waals surface area contributed by atoms with Gasteiger partial charge in [-0.2, -0.15) is 13.2 Å². The number of halogens is 3. The number of hydrogen-bond donors (Lipinski definition) is 1. The third kappa shape index (κ3) is 4.28. The molecule has 0 spiro atoms. The molecular formula is C18H19F3N2O. The highest BCUT2D eigenvalue weighted by atomic mass is 19.4. The smallest absolute Gasteiger partial charge is 0.378 e. The molecule has 0 saturated carbocycles. The van der Waals surface area contributed by atoms with E-state index in [1.807, 2.05) is 25.1 Å². The van der Waals surface area contributed by atoms with Crippen LogP contribution < -0.4 is 10.2 Å². The minimum atomic E-state index is -4.36. The summed E-state index contributed by atoms with van der Waals surface area (Å²) < 4.78 is 37.7. The van der Waals surface area contributed by atoms with E-state index in [1.54, 1.807) is 25.1 Å². The third-order valence-electron chi connectivity index (χ3n) is 3.71. The van der Waals surface area contributed by atoms with Gasteiger partial charge in [-0.05, 0) is 42.8 Å². The van der Waals surface area contributed by atoms with Crippen molar-refractivity contribution in [1.29, 1.82) is 0 Å². The highest BCUT2D eigenvalue weighted by Gasteiger charge is 2.30. The summed E-state index contributed by atoms with van der Waals surface area (Å²) in [6, 6.07) is 11.5. The van der Waals surface area contributed by atoms with E-state index in [1.165, 1.54) is 12.1 Å². The highest BCUT2D eigenvalue weighted by Crippen LogP contribution is 2.30. The Labute approximate surface area is 139 Å². The van der Waals surface area contributed by atoms with Crippen LogP contribution in [0.1, 0.15) is 34.5 Å². The monoisotopic (exact) mass is 336 g/mol. The van der Waals surface area contributed by atoms with E-state index in [0.717, 1.165) is 17.8 Å². The Morgan fingerprint density at radius 2 is 1.71 bits per heavy atom. The average molecular weight is 336 g/mol. The van der Waals surface area contributed by atoms with Gasteiger partial charge in [0.1, 0.15) is 0 Å². The first-order chi connectivity index (χ1) is 11.2. The van der Waals surface area contributed by atoms with Crippen LogP contribution in [-0.2, 0) is 6.18 Å². The summed E-state index contributed by atoms with van der Waals surface area (Å²) in [4.78, 5) is 14.2. The first-order valence-corrected chi connectivity index (χ1v) is 7.44. The Bertz CT molecular complexity index is 709. The van der Waals surface area contributed by atoms with Crippen LogP contribution >= 0.6 is 0 Å². The summed E-state index contributed by atoms with van der Waals surface area (Å²) in [5, 5.41) is 2.80. The van der Waals surface area contributed by atoms with E-state index in [-0.39, 0.29) is 5.91 Å². The van der Waals surface area contributed by atoms with Crippen LogP contribution in [0.3, 0.4) is 0 Å². The number of carbonyl (C=O) groups excluding carboxylic acids is 1. The van der Waals surface area contributed by atoms with Crippen LogP contribution in [0, 0.1) is 0 Å². The number of rotatable bonds is 4. The fourth-order valence-corrected chi connectivity index (χ4v) is 2.25. The molecule has 0 fully saturated rings. The maximum Gasteiger partial charge on any atom is 0.416 e. The zero-order valence-electron chi connectivity index (χ0n) is 13.7. The molecule has 0 bridgehead atoms. The van der Waals surface area contributed by atoms with Crippen molar-refractivity contribution in [1.82, 2.24) is 5.32 Å². The summed E-state index contributed by atoms with van der Waals surface area (Å²) in [7, 11) is 3.75. The van der Waals surface area contributed by atoms with Gasteiger partial charge in [0.25, 0.3) is 5.91 Å². The summed E-state index contributed by atoms with van der Waals surface area (Å²) in [5.74, 6) is -0.272. The van der Waals surface area contributed by atoms with Crippen LogP contribution in [-0.4, -0.2) is 20.0 Å². The topological polar surface area (TPSA) is 32.3 Å². The normalized spacial score (nSPS) is 12.6. The molecule has 0 aliphatic rings. The molecule has 0 heterocycles. The summed E-state index contributed by atoms with van der Waals surface area (Å²) in [5.41, 5.74) is 1.30. The number of alkyl halides is 3. The van der Waals surface area contributed by atoms with Crippen molar-refractivity contribution in [3.05, 3.63) is 65.2 Å². The minimum absolute atomic E-state index is 0.272. The SMILES string of the molecule is C[C@H](NC(=O)c1cccc(N(C)C)c1)c1ccc(C(F)(F)F)cc1. The fraction of sp³-hybridized carbons (Fsp3) is 0.278. The van der Waals surface area contributed by atoms with Gasteiger partial charge in [0.15, 0.2) is 0 Å². The van der Waals surface area contributed by atoms with Crippen molar-refractivity contribution in [2.45, 2.75) is 19.1 Å². The Kier molecular flexibility index (Phi) is 5.17. The molecule has 2 aromatic rings. The Hall–Kier alpha value is -2.50. The number of benzene rings is 2. The third-order valence-corrected chi connectivity index (χ3v) is 3.71. The van der Waals surface area contributed by atoms with Crippen LogP contribution in [0.25, 0.3) is 0 Å². The van der Waals surface area contributed by atoms with Gasteiger partial charge < -0.3 is 10.2 Å². The molecule has 1 amide bonds. The summed E-state index contributed by atoms with van der Waals surface area (Å²) in [6.07, 6.45) is -4.36. The lowest BCUT2D eigenvalue weighted by Crippen LogP contribution is -2.27. The van der Waals surface area contributed by atoms with Crippen molar-refractivity contribution in [3.63, 3.8) is 0 Å². The van der Waals surface area contributed by atoms with Crippen LogP contribution in [0.2, 0.25) is 0 Å². The van der Waals surface area contributed by atoms with E-state index in [0.29, 0.717) is 11.1 Å². The second kappa shape index (κ2) is 6.95. The molecule has 0 unspecified atom stereocenters. The Balaban J connectivity index is 2.10. The number of nitrogens with zero attached hydrogens (tertiary/aromatic N) is 1. The first kappa shape index (κ1) is 17.8. The zero-order valence-corrected chi connectivity index (χ0v) is 13.7. The van der Waals surface area contributed by atoms with Gasteiger partial charge in [-0.1, -0.05) is 18.2 Å². The molecule has 128 valence electrons. The van der Waals surface area contributed by atoms with Crippen molar-refractivity contribution in [3.8, 4) is 0 Å². The second-order valence-corrected chi connectivity index (χ2v) is 5.76. The minimum Gasteiger partial charge on any atom is -0.378 e. The van der Waals surface area contributed by atoms with Crippen molar-refractivity contribution >= 4 is 11.6 Å². The standard InChI is InChI=1S/C18H19F3N2O/c1-12(13-7-9-15(10-8-13)18(19,20)21)22-17(24)14-5-4-6-16(11-14)23(2)3/h4-12H,1-3H3,(H,22,24)/t12-/m0/s1. The lowest BCUT2D eigenvalue weighted by Gasteiger charge is -2.17. The van der Waals surface area contributed by atoms with Crippen LogP contribution in [0.5, 0.6) is 0 Å². The number of nitrogens with one attached hydrogen (secondary N) is 1. The van der Waals surface area contributed by atoms with Crippen LogP contribution in [0.4, 0.5) is 18.9 Å². The molecule has 3 nitrogen and oxygen atoms in total. The second-order valence-electron chi connectivity index (χ2n) is 5.76. The first-order valence-electron chi connectivity index (χ1n) is 7.44. The largest absolute Gasteiger partial charge is 0.416 e. The van der Waals surface area contributed by atoms with Gasteiger partial charge in [-0.15, -0.1) is 0 Å². The lowest BCUT2D eigenvalue weighted by atomic mass is 10.1. The molecule has 0 aromatic heterocycles.